The molecule has 0 unspecified atom stereocenters. The van der Waals surface area contributed by atoms with Crippen LogP contribution in [-0.4, -0.2) is 4.98 Å². The van der Waals surface area contributed by atoms with Crippen molar-refractivity contribution >= 4 is 139 Å². The first kappa shape index (κ1) is 28.6. The van der Waals surface area contributed by atoms with Crippen molar-refractivity contribution in [3.05, 3.63) is 65.6 Å². The van der Waals surface area contributed by atoms with Gasteiger partial charge in [-0.25, -0.2) is 4.98 Å². The number of benzene rings is 2. The summed E-state index contributed by atoms with van der Waals surface area (Å²) in [5, 5.41) is -2.22. The molecule has 0 spiro atoms. The van der Waals surface area contributed by atoms with Crippen LogP contribution in [0.2, 0.25) is 50.2 Å². The lowest BCUT2D eigenvalue weighted by Crippen LogP contribution is -2.11. The fourth-order valence-electron chi connectivity index (χ4n) is 2.68. The Morgan fingerprint density at radius 1 is 0.576 bits per heavy atom. The Hall–Kier alpha value is 1.01. The summed E-state index contributed by atoms with van der Waals surface area (Å²) in [6.45, 7) is 0. The van der Waals surface area contributed by atoms with Crippen molar-refractivity contribution in [2.75, 3.05) is 0 Å². The highest BCUT2D eigenvalue weighted by Gasteiger charge is 2.36. The van der Waals surface area contributed by atoms with Gasteiger partial charge in [-0.15, -0.1) is 0 Å². The third-order valence-corrected chi connectivity index (χ3v) is 9.82. The highest BCUT2D eigenvalue weighted by atomic mass is 127. The van der Waals surface area contributed by atoms with Crippen LogP contribution in [-0.2, 0) is 6.18 Å². The number of halogens is 14. The predicted molar refractivity (Wildman–Crippen MR) is 143 cm³/mol. The Kier molecular flexibility index (Phi) is 9.01. The normalized spacial score (nSPS) is 11.9. The van der Waals surface area contributed by atoms with Crippen molar-refractivity contribution < 1.29 is 13.2 Å². The van der Waals surface area contributed by atoms with Crippen LogP contribution in [0.25, 0.3) is 22.4 Å². The van der Waals surface area contributed by atoms with E-state index >= 15 is 0 Å². The minimum absolute atomic E-state index is 0.0945. The molecule has 1 heterocycles. The maximum absolute atomic E-state index is 13.8. The second kappa shape index (κ2) is 10.4. The first-order valence-corrected chi connectivity index (χ1v) is 12.8. The fraction of sp³-hybridized carbons (Fsp3) is 0.0556. The number of hydrogen-bond acceptors (Lipinski definition) is 1. The van der Waals surface area contributed by atoms with Gasteiger partial charge < -0.3 is 0 Å². The van der Waals surface area contributed by atoms with Crippen molar-refractivity contribution in [3.8, 4) is 22.4 Å². The Balaban J connectivity index is 2.56. The van der Waals surface area contributed by atoms with Gasteiger partial charge in [0.05, 0.1) is 55.9 Å². The standard InChI is InChI=1S/C18HCl10F3IN/c19-6-4(7(20)11(24)14(27)10(6)23)2-1-3(18(29,30)31)33-17(16(2)32)5-8(21)12(25)15(28)13(26)9(5)22/h1H. The summed E-state index contributed by atoms with van der Waals surface area (Å²) in [6.07, 6.45) is -4.90. The van der Waals surface area contributed by atoms with E-state index < -0.39 is 11.9 Å². The molecule has 2 aromatic carbocycles. The van der Waals surface area contributed by atoms with Gasteiger partial charge in [0, 0.05) is 20.3 Å². The van der Waals surface area contributed by atoms with Crippen molar-refractivity contribution in [2.24, 2.45) is 0 Å². The molecule has 176 valence electrons. The Labute approximate surface area is 248 Å². The van der Waals surface area contributed by atoms with Crippen LogP contribution in [0.4, 0.5) is 13.2 Å². The molecule has 0 N–H and O–H groups in total. The van der Waals surface area contributed by atoms with E-state index in [1.54, 1.807) is 22.6 Å². The van der Waals surface area contributed by atoms with E-state index in [1.165, 1.54) is 0 Å². The van der Waals surface area contributed by atoms with Crippen LogP contribution in [0.3, 0.4) is 0 Å². The molecule has 33 heavy (non-hydrogen) atoms. The molecule has 0 atom stereocenters. The lowest BCUT2D eigenvalue weighted by atomic mass is 10.0. The zero-order valence-corrected chi connectivity index (χ0v) is 24.5. The summed E-state index contributed by atoms with van der Waals surface area (Å²) in [4.78, 5) is 3.72. The molecule has 0 aliphatic rings. The monoisotopic (exact) mass is 765 g/mol. The van der Waals surface area contributed by atoms with Gasteiger partial charge in [0.25, 0.3) is 0 Å². The molecular weight excluding hydrogens is 769 g/mol. The van der Waals surface area contributed by atoms with Gasteiger partial charge in [-0.1, -0.05) is 116 Å². The maximum atomic E-state index is 13.8. The fourth-order valence-corrected chi connectivity index (χ4v) is 6.15. The van der Waals surface area contributed by atoms with Crippen molar-refractivity contribution in [1.29, 1.82) is 0 Å². The average molecular weight is 770 g/mol. The number of pyridine rings is 1. The Morgan fingerprint density at radius 3 is 1.27 bits per heavy atom. The summed E-state index contributed by atoms with van der Waals surface area (Å²) in [5.74, 6) is 0. The van der Waals surface area contributed by atoms with Gasteiger partial charge in [0.15, 0.2) is 0 Å². The summed E-state index contributed by atoms with van der Waals surface area (Å²) in [5.41, 5.74) is -2.07. The van der Waals surface area contributed by atoms with Gasteiger partial charge in [-0.3, -0.25) is 0 Å². The Bertz CT molecular complexity index is 1180. The van der Waals surface area contributed by atoms with Gasteiger partial charge >= 0.3 is 6.18 Å². The van der Waals surface area contributed by atoms with Crippen LogP contribution in [0.15, 0.2) is 6.07 Å². The molecule has 0 amide bonds. The first-order chi connectivity index (χ1) is 15.1. The molecule has 0 saturated carbocycles. The van der Waals surface area contributed by atoms with Crippen LogP contribution in [0, 0.1) is 3.57 Å². The second-order valence-electron chi connectivity index (χ2n) is 6.11. The van der Waals surface area contributed by atoms with Crippen LogP contribution >= 0.6 is 139 Å². The lowest BCUT2D eigenvalue weighted by Gasteiger charge is -2.20. The quantitative estimate of drug-likeness (QED) is 0.144. The van der Waals surface area contributed by atoms with Crippen LogP contribution in [0.1, 0.15) is 5.69 Å². The second-order valence-corrected chi connectivity index (χ2v) is 11.0. The topological polar surface area (TPSA) is 12.9 Å². The van der Waals surface area contributed by atoms with E-state index in [-0.39, 0.29) is 76.2 Å². The van der Waals surface area contributed by atoms with Crippen LogP contribution in [0.5, 0.6) is 0 Å². The first-order valence-electron chi connectivity index (χ1n) is 7.92. The van der Waals surface area contributed by atoms with Crippen molar-refractivity contribution in [1.82, 2.24) is 4.98 Å². The number of nitrogens with zero attached hydrogens (tertiary/aromatic N) is 1. The van der Waals surface area contributed by atoms with E-state index in [1.807, 2.05) is 0 Å². The van der Waals surface area contributed by atoms with Gasteiger partial charge in [-0.05, 0) is 28.7 Å². The van der Waals surface area contributed by atoms with E-state index in [0.717, 1.165) is 6.07 Å². The lowest BCUT2D eigenvalue weighted by molar-refractivity contribution is -0.141. The molecule has 0 radical (unpaired) electrons. The molecule has 3 aromatic rings. The highest BCUT2D eigenvalue weighted by molar-refractivity contribution is 14.1. The van der Waals surface area contributed by atoms with Gasteiger partial charge in [0.2, 0.25) is 0 Å². The van der Waals surface area contributed by atoms with Crippen LogP contribution < -0.4 is 0 Å². The summed E-state index contributed by atoms with van der Waals surface area (Å²) in [7, 11) is 0. The van der Waals surface area contributed by atoms with E-state index in [0.29, 0.717) is 0 Å². The molecule has 1 nitrogen and oxygen atoms in total. The third kappa shape index (κ3) is 5.08. The third-order valence-electron chi connectivity index (χ3n) is 4.17. The molecule has 3 rings (SSSR count). The molecule has 1 aromatic heterocycles. The number of aromatic nitrogens is 1. The number of alkyl halides is 3. The molecular formula is C18HCl10F3IN. The van der Waals surface area contributed by atoms with Gasteiger partial charge in [-0.2, -0.15) is 13.2 Å². The molecule has 0 aliphatic carbocycles. The highest BCUT2D eigenvalue weighted by Crippen LogP contribution is 2.53. The minimum atomic E-state index is -4.90. The van der Waals surface area contributed by atoms with Crippen molar-refractivity contribution in [2.45, 2.75) is 6.18 Å². The number of rotatable bonds is 2. The number of hydrogen-bond donors (Lipinski definition) is 0. The summed E-state index contributed by atoms with van der Waals surface area (Å²) in [6, 6.07) is 0.722. The minimum Gasteiger partial charge on any atom is -0.242 e. The predicted octanol–water partition coefficient (Wildman–Crippen LogP) is 12.6. The van der Waals surface area contributed by atoms with E-state index in [9.17, 15) is 13.2 Å². The van der Waals surface area contributed by atoms with E-state index in [2.05, 4.69) is 4.98 Å². The summed E-state index contributed by atoms with van der Waals surface area (Å²) >= 11 is 63.4. The zero-order chi connectivity index (χ0) is 25.2. The zero-order valence-electron chi connectivity index (χ0n) is 14.8. The molecule has 15 heteroatoms. The maximum Gasteiger partial charge on any atom is 0.433 e. The van der Waals surface area contributed by atoms with E-state index in [4.69, 9.17) is 116 Å². The smallest absolute Gasteiger partial charge is 0.242 e. The average Bonchev–Trinajstić information content (AvgIpc) is 2.75. The molecule has 0 saturated heterocycles. The molecule has 0 bridgehead atoms. The largest absolute Gasteiger partial charge is 0.433 e. The van der Waals surface area contributed by atoms with Crippen molar-refractivity contribution in [3.63, 3.8) is 0 Å². The molecule has 0 fully saturated rings. The summed E-state index contributed by atoms with van der Waals surface area (Å²) < 4.78 is 41.5. The molecule has 0 aliphatic heterocycles. The van der Waals surface area contributed by atoms with Gasteiger partial charge in [0.1, 0.15) is 5.69 Å². The Morgan fingerprint density at radius 2 is 0.909 bits per heavy atom. The SMILES string of the molecule is FC(F)(F)c1cc(-c2c(Cl)c(Cl)c(Cl)c(Cl)c2Cl)c(I)c(-c2c(Cl)c(Cl)c(Cl)c(Cl)c2Cl)n1.